The molecule has 0 spiro atoms. The summed E-state index contributed by atoms with van der Waals surface area (Å²) in [6.45, 7) is 12.7. The zero-order valence-corrected chi connectivity index (χ0v) is 16.1. The highest BCUT2D eigenvalue weighted by Crippen LogP contribution is 2.43. The van der Waals surface area contributed by atoms with E-state index >= 15 is 0 Å². The van der Waals surface area contributed by atoms with E-state index in [1.165, 1.54) is 0 Å². The monoisotopic (exact) mass is 372 g/mol. The summed E-state index contributed by atoms with van der Waals surface area (Å²) in [6.07, 6.45) is 9.92. The molecule has 0 radical (unpaired) electrons. The van der Waals surface area contributed by atoms with Gasteiger partial charge in [-0.15, -0.1) is 6.58 Å². The number of ether oxygens (including phenoxy) is 1. The Kier molecular flexibility index (Phi) is 6.46. The minimum Gasteiger partial charge on any atom is -0.485 e. The number of aromatic nitrogens is 2. The van der Waals surface area contributed by atoms with Gasteiger partial charge in [0.05, 0.1) is 6.04 Å². The SMILES string of the molecule is C=C/C=C/c1nccn1[C@@H]1c2cc(Cl)ccc2OC(C)(C)[C@H]1O.C=CC. The fraction of sp³-hybridized carbons (Fsp3) is 0.286. The summed E-state index contributed by atoms with van der Waals surface area (Å²) in [5.74, 6) is 1.46. The molecule has 0 fully saturated rings. The maximum Gasteiger partial charge on any atom is 0.133 e. The molecule has 4 nitrogen and oxygen atoms in total. The predicted octanol–water partition coefficient (Wildman–Crippen LogP) is 5.05. The number of allylic oxidation sites excluding steroid dienone is 3. The summed E-state index contributed by atoms with van der Waals surface area (Å²) in [5.41, 5.74) is 0.116. The van der Waals surface area contributed by atoms with Crippen LogP contribution in [0, 0.1) is 0 Å². The van der Waals surface area contributed by atoms with Gasteiger partial charge in [-0.1, -0.05) is 36.4 Å². The van der Waals surface area contributed by atoms with E-state index in [4.69, 9.17) is 16.3 Å². The molecule has 1 aliphatic heterocycles. The van der Waals surface area contributed by atoms with Crippen molar-refractivity contribution in [3.05, 3.63) is 78.4 Å². The van der Waals surface area contributed by atoms with E-state index in [0.717, 1.165) is 17.1 Å². The van der Waals surface area contributed by atoms with Crippen LogP contribution < -0.4 is 4.74 Å². The minimum absolute atomic E-state index is 0.334. The van der Waals surface area contributed by atoms with Gasteiger partial charge in [-0.2, -0.15) is 0 Å². The maximum atomic E-state index is 10.9. The number of imidazole rings is 1. The van der Waals surface area contributed by atoms with Gasteiger partial charge in [-0.05, 0) is 45.0 Å². The maximum absolute atomic E-state index is 10.9. The second-order valence-electron chi connectivity index (χ2n) is 6.47. The second kappa shape index (κ2) is 8.39. The van der Waals surface area contributed by atoms with Crippen LogP contribution in [0.2, 0.25) is 5.02 Å². The van der Waals surface area contributed by atoms with Crippen molar-refractivity contribution in [3.63, 3.8) is 0 Å². The number of fused-ring (bicyclic) bond motifs is 1. The molecule has 0 bridgehead atoms. The average molecular weight is 373 g/mol. The van der Waals surface area contributed by atoms with Gasteiger partial charge in [0.1, 0.15) is 23.3 Å². The van der Waals surface area contributed by atoms with Crippen molar-refractivity contribution in [2.24, 2.45) is 0 Å². The lowest BCUT2D eigenvalue weighted by Gasteiger charge is -2.42. The highest BCUT2D eigenvalue weighted by molar-refractivity contribution is 6.30. The first-order valence-electron chi connectivity index (χ1n) is 8.41. The molecule has 5 heteroatoms. The molecule has 0 aliphatic carbocycles. The van der Waals surface area contributed by atoms with Crippen LogP contribution >= 0.6 is 11.6 Å². The molecule has 138 valence electrons. The number of halogens is 1. The molecule has 1 aromatic heterocycles. The fourth-order valence-electron chi connectivity index (χ4n) is 2.88. The molecule has 2 heterocycles. The zero-order chi connectivity index (χ0) is 19.3. The van der Waals surface area contributed by atoms with Crippen molar-refractivity contribution in [2.45, 2.75) is 38.5 Å². The third kappa shape index (κ3) is 4.09. The largest absolute Gasteiger partial charge is 0.485 e. The Morgan fingerprint density at radius 1 is 1.35 bits per heavy atom. The van der Waals surface area contributed by atoms with Gasteiger partial charge in [-0.25, -0.2) is 4.98 Å². The summed E-state index contributed by atoms with van der Waals surface area (Å²) in [6, 6.07) is 5.13. The van der Waals surface area contributed by atoms with Crippen molar-refractivity contribution in [1.29, 1.82) is 0 Å². The van der Waals surface area contributed by atoms with Crippen LogP contribution in [0.4, 0.5) is 0 Å². The highest BCUT2D eigenvalue weighted by atomic mass is 35.5. The first-order valence-corrected chi connectivity index (χ1v) is 8.79. The Morgan fingerprint density at radius 3 is 2.69 bits per heavy atom. The van der Waals surface area contributed by atoms with Crippen molar-refractivity contribution in [2.75, 3.05) is 0 Å². The number of aliphatic hydroxyl groups excluding tert-OH is 1. The van der Waals surface area contributed by atoms with Gasteiger partial charge in [0.2, 0.25) is 0 Å². The first kappa shape index (κ1) is 20.0. The molecule has 26 heavy (non-hydrogen) atoms. The lowest BCUT2D eigenvalue weighted by Crippen LogP contribution is -2.50. The molecule has 0 saturated carbocycles. The molecule has 1 N–H and O–H groups in total. The standard InChI is InChI=1S/C18H19ClN2O2.C3H6/c1-4-5-6-15-20-9-10-21(15)16-13-11-12(19)7-8-14(13)23-18(2,3)17(16)22;1-3-2/h4-11,16-17,22H,1H2,2-3H3;3H,1H2,2H3/b6-5+;/t16-,17+;/m1./s1. The van der Waals surface area contributed by atoms with Crippen LogP contribution in [-0.2, 0) is 0 Å². The number of hydrogen-bond acceptors (Lipinski definition) is 3. The van der Waals surface area contributed by atoms with E-state index in [1.54, 1.807) is 24.4 Å². The van der Waals surface area contributed by atoms with Gasteiger partial charge < -0.3 is 14.4 Å². The number of hydrogen-bond donors (Lipinski definition) is 1. The molecule has 3 rings (SSSR count). The fourth-order valence-corrected chi connectivity index (χ4v) is 3.06. The normalized spacial score (nSPS) is 20.5. The van der Waals surface area contributed by atoms with Crippen LogP contribution in [0.1, 0.15) is 38.2 Å². The summed E-state index contributed by atoms with van der Waals surface area (Å²) in [4.78, 5) is 4.35. The number of aliphatic hydroxyl groups is 1. The van der Waals surface area contributed by atoms with Crippen LogP contribution in [0.3, 0.4) is 0 Å². The quantitative estimate of drug-likeness (QED) is 0.605. The van der Waals surface area contributed by atoms with E-state index in [-0.39, 0.29) is 6.04 Å². The summed E-state index contributed by atoms with van der Waals surface area (Å²) >= 11 is 6.16. The second-order valence-corrected chi connectivity index (χ2v) is 6.91. The summed E-state index contributed by atoms with van der Waals surface area (Å²) in [5, 5.41) is 11.5. The van der Waals surface area contributed by atoms with E-state index in [0.29, 0.717) is 5.02 Å². The topological polar surface area (TPSA) is 47.3 Å². The Balaban J connectivity index is 0.000000758. The molecule has 1 aliphatic rings. The third-order valence-corrected chi connectivity index (χ3v) is 4.29. The average Bonchev–Trinajstić information content (AvgIpc) is 3.03. The highest BCUT2D eigenvalue weighted by Gasteiger charge is 2.44. The lowest BCUT2D eigenvalue weighted by atomic mass is 9.86. The Labute approximate surface area is 160 Å². The van der Waals surface area contributed by atoms with E-state index in [9.17, 15) is 5.11 Å². The number of rotatable bonds is 3. The molecular formula is C21H25ClN2O2. The van der Waals surface area contributed by atoms with Crippen LogP contribution in [-0.4, -0.2) is 26.4 Å². The van der Waals surface area contributed by atoms with Crippen LogP contribution in [0.5, 0.6) is 5.75 Å². The van der Waals surface area contributed by atoms with Crippen molar-refractivity contribution >= 4 is 17.7 Å². The number of nitrogens with zero attached hydrogens (tertiary/aromatic N) is 2. The van der Waals surface area contributed by atoms with Gasteiger partial charge in [0, 0.05) is 23.0 Å². The summed E-state index contributed by atoms with van der Waals surface area (Å²) in [7, 11) is 0. The predicted molar refractivity (Wildman–Crippen MR) is 108 cm³/mol. The third-order valence-electron chi connectivity index (χ3n) is 4.05. The lowest BCUT2D eigenvalue weighted by molar-refractivity contribution is -0.0637. The van der Waals surface area contributed by atoms with Crippen LogP contribution in [0.25, 0.3) is 6.08 Å². The molecule has 2 atom stereocenters. The van der Waals surface area contributed by atoms with Crippen molar-refractivity contribution < 1.29 is 9.84 Å². The first-order chi connectivity index (χ1) is 12.4. The summed E-state index contributed by atoms with van der Waals surface area (Å²) < 4.78 is 7.89. The van der Waals surface area contributed by atoms with Crippen molar-refractivity contribution in [3.8, 4) is 5.75 Å². The molecule has 2 aromatic rings. The molecule has 0 saturated heterocycles. The van der Waals surface area contributed by atoms with Gasteiger partial charge in [-0.3, -0.25) is 0 Å². The van der Waals surface area contributed by atoms with E-state index in [2.05, 4.69) is 18.1 Å². The van der Waals surface area contributed by atoms with Gasteiger partial charge >= 0.3 is 0 Å². The smallest absolute Gasteiger partial charge is 0.133 e. The molecular weight excluding hydrogens is 348 g/mol. The molecule has 1 aromatic carbocycles. The Bertz CT molecular complexity index is 808. The van der Waals surface area contributed by atoms with Gasteiger partial charge in [0.25, 0.3) is 0 Å². The molecule has 0 amide bonds. The van der Waals surface area contributed by atoms with E-state index < -0.39 is 11.7 Å². The Hall–Kier alpha value is -2.30. The van der Waals surface area contributed by atoms with Crippen LogP contribution in [0.15, 0.2) is 62.0 Å². The van der Waals surface area contributed by atoms with E-state index in [1.807, 2.05) is 55.8 Å². The molecule has 0 unspecified atom stereocenters. The van der Waals surface area contributed by atoms with Gasteiger partial charge in [0.15, 0.2) is 0 Å². The zero-order valence-electron chi connectivity index (χ0n) is 15.4. The minimum atomic E-state index is -0.751. The Morgan fingerprint density at radius 2 is 2.04 bits per heavy atom. The van der Waals surface area contributed by atoms with Crippen molar-refractivity contribution in [1.82, 2.24) is 9.55 Å². The number of benzene rings is 1.